The standard InChI is InChI=1S/C16H24N2O5/c1-8(19)13-12-6-10(14(16(21)22)18(12)15(13)20)5-9-3-4-17-11(9)7-23-2/h8-9,11-13,17,19H,3-7H2,1-2H3,(H,21,22)/t8-,9?,11?,12-,13-/m1/s1. The van der Waals surface area contributed by atoms with Crippen LogP contribution in [-0.2, 0) is 14.3 Å². The van der Waals surface area contributed by atoms with Crippen LogP contribution in [0.1, 0.15) is 26.2 Å². The van der Waals surface area contributed by atoms with Gasteiger partial charge in [-0.3, -0.25) is 4.79 Å². The molecule has 7 heteroatoms. The van der Waals surface area contributed by atoms with E-state index in [1.807, 2.05) is 0 Å². The Bertz CT molecular complexity index is 545. The molecule has 0 aromatic rings. The summed E-state index contributed by atoms with van der Waals surface area (Å²) in [6.07, 6.45) is 1.45. The van der Waals surface area contributed by atoms with Crippen LogP contribution in [0, 0.1) is 11.8 Å². The van der Waals surface area contributed by atoms with Gasteiger partial charge in [0.25, 0.3) is 0 Å². The Morgan fingerprint density at radius 3 is 2.87 bits per heavy atom. The van der Waals surface area contributed by atoms with Crippen molar-refractivity contribution in [3.8, 4) is 0 Å². The van der Waals surface area contributed by atoms with Gasteiger partial charge in [-0.15, -0.1) is 0 Å². The summed E-state index contributed by atoms with van der Waals surface area (Å²) in [6.45, 7) is 3.09. The zero-order valence-electron chi connectivity index (χ0n) is 13.5. The van der Waals surface area contributed by atoms with Gasteiger partial charge in [-0.2, -0.15) is 0 Å². The molecule has 0 radical (unpaired) electrons. The van der Waals surface area contributed by atoms with Crippen molar-refractivity contribution in [2.24, 2.45) is 11.8 Å². The lowest BCUT2D eigenvalue weighted by Crippen LogP contribution is -2.61. The van der Waals surface area contributed by atoms with Gasteiger partial charge in [0.2, 0.25) is 5.91 Å². The maximum absolute atomic E-state index is 12.2. The van der Waals surface area contributed by atoms with E-state index in [1.165, 1.54) is 4.90 Å². The molecule has 128 valence electrons. The van der Waals surface area contributed by atoms with Crippen molar-refractivity contribution >= 4 is 11.9 Å². The van der Waals surface area contributed by atoms with Crippen LogP contribution in [0.2, 0.25) is 0 Å². The van der Waals surface area contributed by atoms with Crippen molar-refractivity contribution < 1.29 is 24.5 Å². The summed E-state index contributed by atoms with van der Waals surface area (Å²) in [7, 11) is 1.66. The van der Waals surface area contributed by atoms with Crippen LogP contribution in [-0.4, -0.2) is 65.4 Å². The molecule has 0 bridgehead atoms. The first kappa shape index (κ1) is 16.4. The highest BCUT2D eigenvalue weighted by Crippen LogP contribution is 2.45. The molecule has 3 N–H and O–H groups in total. The molecule has 3 rings (SSSR count). The van der Waals surface area contributed by atoms with Gasteiger partial charge >= 0.3 is 5.97 Å². The first-order valence-corrected chi connectivity index (χ1v) is 8.14. The Hall–Kier alpha value is -1.44. The first-order chi connectivity index (χ1) is 11.0. The Kier molecular flexibility index (Phi) is 4.44. The number of aliphatic hydroxyl groups is 1. The summed E-state index contributed by atoms with van der Waals surface area (Å²) < 4.78 is 5.22. The number of rotatable bonds is 6. The van der Waals surface area contributed by atoms with Gasteiger partial charge in [0.05, 0.1) is 24.7 Å². The van der Waals surface area contributed by atoms with Crippen molar-refractivity contribution in [2.45, 2.75) is 44.4 Å². The molecule has 3 aliphatic heterocycles. The van der Waals surface area contributed by atoms with E-state index < -0.39 is 18.0 Å². The number of amides is 1. The van der Waals surface area contributed by atoms with Gasteiger partial charge in [0, 0.05) is 13.2 Å². The molecule has 1 amide bonds. The van der Waals surface area contributed by atoms with Crippen LogP contribution >= 0.6 is 0 Å². The largest absolute Gasteiger partial charge is 0.477 e. The molecule has 2 fully saturated rings. The summed E-state index contributed by atoms with van der Waals surface area (Å²) in [5.74, 6) is -1.47. The number of ether oxygens (including phenoxy) is 1. The molecule has 23 heavy (non-hydrogen) atoms. The monoisotopic (exact) mass is 324 g/mol. The fourth-order valence-electron chi connectivity index (χ4n) is 4.30. The third-order valence-electron chi connectivity index (χ3n) is 5.37. The normalized spacial score (nSPS) is 34.6. The van der Waals surface area contributed by atoms with Crippen LogP contribution in [0.25, 0.3) is 0 Å². The predicted octanol–water partition coefficient (Wildman–Crippen LogP) is -0.0488. The van der Waals surface area contributed by atoms with E-state index in [0.717, 1.165) is 18.5 Å². The summed E-state index contributed by atoms with van der Waals surface area (Å²) in [6, 6.07) is 0.0258. The Morgan fingerprint density at radius 2 is 2.26 bits per heavy atom. The molecule has 2 saturated heterocycles. The van der Waals surface area contributed by atoms with Gasteiger partial charge < -0.3 is 25.2 Å². The molecule has 5 atom stereocenters. The number of hydrogen-bond acceptors (Lipinski definition) is 5. The molecule has 7 nitrogen and oxygen atoms in total. The number of carbonyl (C=O) groups excluding carboxylic acids is 1. The third kappa shape index (κ3) is 2.66. The van der Waals surface area contributed by atoms with Gasteiger partial charge in [-0.1, -0.05) is 0 Å². The summed E-state index contributed by atoms with van der Waals surface area (Å²) >= 11 is 0. The van der Waals surface area contributed by atoms with E-state index in [0.29, 0.717) is 25.4 Å². The Morgan fingerprint density at radius 1 is 1.52 bits per heavy atom. The fraction of sp³-hybridized carbons (Fsp3) is 0.750. The van der Waals surface area contributed by atoms with Gasteiger partial charge in [0.15, 0.2) is 0 Å². The third-order valence-corrected chi connectivity index (χ3v) is 5.37. The van der Waals surface area contributed by atoms with Crippen LogP contribution < -0.4 is 5.32 Å². The molecule has 2 unspecified atom stereocenters. The number of β-lactam (4-membered cyclic amide) rings is 1. The second-order valence-electron chi connectivity index (χ2n) is 6.77. The molecule has 0 aromatic carbocycles. The number of nitrogens with one attached hydrogen (secondary N) is 1. The lowest BCUT2D eigenvalue weighted by atomic mass is 9.82. The number of aliphatic hydroxyl groups excluding tert-OH is 1. The molecular weight excluding hydrogens is 300 g/mol. The SMILES string of the molecule is COCC1NCCC1CC1=C(C(=O)O)N2C(=O)[C@H]([C@@H](C)O)[C@H]2C1. The van der Waals surface area contributed by atoms with Crippen LogP contribution in [0.3, 0.4) is 0 Å². The number of fused-ring (bicyclic) bond motifs is 1. The molecule has 0 aliphatic carbocycles. The number of carbonyl (C=O) groups is 2. The van der Waals surface area contributed by atoms with Crippen LogP contribution in [0.15, 0.2) is 11.3 Å². The molecule has 0 spiro atoms. The van der Waals surface area contributed by atoms with Crippen LogP contribution in [0.5, 0.6) is 0 Å². The van der Waals surface area contributed by atoms with E-state index >= 15 is 0 Å². The smallest absolute Gasteiger partial charge is 0.352 e. The van der Waals surface area contributed by atoms with Crippen molar-refractivity contribution in [1.82, 2.24) is 10.2 Å². The van der Waals surface area contributed by atoms with Gasteiger partial charge in [-0.05, 0) is 44.2 Å². The van der Waals surface area contributed by atoms with Crippen molar-refractivity contribution in [3.63, 3.8) is 0 Å². The second kappa shape index (κ2) is 6.22. The fourth-order valence-corrected chi connectivity index (χ4v) is 4.30. The van der Waals surface area contributed by atoms with Crippen molar-refractivity contribution in [1.29, 1.82) is 0 Å². The van der Waals surface area contributed by atoms with Gasteiger partial charge in [0.1, 0.15) is 5.70 Å². The van der Waals surface area contributed by atoms with E-state index in [4.69, 9.17) is 4.74 Å². The average molecular weight is 324 g/mol. The Balaban J connectivity index is 1.78. The van der Waals surface area contributed by atoms with E-state index in [1.54, 1.807) is 14.0 Å². The quantitative estimate of drug-likeness (QED) is 0.593. The number of methoxy groups -OCH3 is 1. The second-order valence-corrected chi connectivity index (χ2v) is 6.77. The first-order valence-electron chi connectivity index (χ1n) is 8.14. The highest BCUT2D eigenvalue weighted by atomic mass is 16.5. The van der Waals surface area contributed by atoms with Crippen molar-refractivity contribution in [3.05, 3.63) is 11.3 Å². The summed E-state index contributed by atoms with van der Waals surface area (Å²) in [4.78, 5) is 25.2. The summed E-state index contributed by atoms with van der Waals surface area (Å²) in [5, 5.41) is 22.7. The molecule has 3 aliphatic rings. The molecule has 3 heterocycles. The highest BCUT2D eigenvalue weighted by Gasteiger charge is 2.56. The number of carboxylic acid groups (broad SMARTS) is 1. The lowest BCUT2D eigenvalue weighted by Gasteiger charge is -2.44. The van der Waals surface area contributed by atoms with E-state index in [-0.39, 0.29) is 23.7 Å². The highest BCUT2D eigenvalue weighted by molar-refractivity contribution is 5.99. The summed E-state index contributed by atoms with van der Waals surface area (Å²) in [5.41, 5.74) is 0.966. The maximum atomic E-state index is 12.2. The molecule has 0 saturated carbocycles. The van der Waals surface area contributed by atoms with Crippen molar-refractivity contribution in [2.75, 3.05) is 20.3 Å². The minimum atomic E-state index is -1.05. The van der Waals surface area contributed by atoms with E-state index in [9.17, 15) is 19.8 Å². The number of carboxylic acids is 1. The topological polar surface area (TPSA) is 99.1 Å². The molecule has 0 aromatic heterocycles. The van der Waals surface area contributed by atoms with E-state index in [2.05, 4.69) is 5.32 Å². The number of hydrogen-bond donors (Lipinski definition) is 3. The predicted molar refractivity (Wildman–Crippen MR) is 81.5 cm³/mol. The average Bonchev–Trinajstić information content (AvgIpc) is 3.02. The minimum Gasteiger partial charge on any atom is -0.477 e. The minimum absolute atomic E-state index is 0.139. The zero-order chi connectivity index (χ0) is 16.7. The lowest BCUT2D eigenvalue weighted by molar-refractivity contribution is -0.161. The zero-order valence-corrected chi connectivity index (χ0v) is 13.5. The van der Waals surface area contributed by atoms with Gasteiger partial charge in [-0.25, -0.2) is 4.79 Å². The maximum Gasteiger partial charge on any atom is 0.352 e. The number of nitrogens with zero attached hydrogens (tertiary/aromatic N) is 1. The number of aliphatic carboxylic acids is 1. The van der Waals surface area contributed by atoms with Crippen LogP contribution in [0.4, 0.5) is 0 Å². The Labute approximate surface area is 135 Å². The molecular formula is C16H24N2O5.